The largest absolute Gasteiger partial charge is 0.458 e. The van der Waals surface area contributed by atoms with E-state index in [4.69, 9.17) is 4.74 Å². The molecule has 1 fully saturated rings. The molecule has 0 aromatic heterocycles. The summed E-state index contributed by atoms with van der Waals surface area (Å²) in [6, 6.07) is 9.99. The van der Waals surface area contributed by atoms with Crippen LogP contribution in [0.1, 0.15) is 18.4 Å². The summed E-state index contributed by atoms with van der Waals surface area (Å²) in [4.78, 5) is 10.8. The van der Waals surface area contributed by atoms with E-state index in [1.807, 2.05) is 42.5 Å². The second-order valence-electron chi connectivity index (χ2n) is 3.34. The van der Waals surface area contributed by atoms with Gasteiger partial charge in [-0.15, -0.1) is 0 Å². The molecule has 0 spiro atoms. The van der Waals surface area contributed by atoms with Gasteiger partial charge in [-0.25, -0.2) is 0 Å². The predicted molar refractivity (Wildman–Crippen MR) is 54.6 cm³/mol. The Morgan fingerprint density at radius 2 is 2.07 bits per heavy atom. The molecule has 1 atom stereocenters. The fourth-order valence-corrected chi connectivity index (χ4v) is 1.46. The first-order chi connectivity index (χ1) is 6.84. The van der Waals surface area contributed by atoms with E-state index in [1.165, 1.54) is 0 Å². The lowest BCUT2D eigenvalue weighted by Crippen LogP contribution is -2.01. The molecular formula is C12H12O2. The van der Waals surface area contributed by atoms with Crippen molar-refractivity contribution >= 4 is 12.0 Å². The molecule has 0 N–H and O–H groups in total. The van der Waals surface area contributed by atoms with Crippen LogP contribution >= 0.6 is 0 Å². The zero-order valence-electron chi connectivity index (χ0n) is 7.85. The van der Waals surface area contributed by atoms with Crippen molar-refractivity contribution in [2.75, 3.05) is 0 Å². The molecule has 2 nitrogen and oxygen atoms in total. The molecule has 2 rings (SSSR count). The third-order valence-corrected chi connectivity index (χ3v) is 2.22. The van der Waals surface area contributed by atoms with Crippen molar-refractivity contribution in [2.45, 2.75) is 18.9 Å². The monoisotopic (exact) mass is 188 g/mol. The Hall–Kier alpha value is -1.57. The van der Waals surface area contributed by atoms with Gasteiger partial charge in [0.2, 0.25) is 0 Å². The van der Waals surface area contributed by atoms with Crippen LogP contribution in [0.15, 0.2) is 36.4 Å². The van der Waals surface area contributed by atoms with Crippen molar-refractivity contribution in [3.8, 4) is 0 Å². The minimum atomic E-state index is -0.0901. The maximum atomic E-state index is 10.8. The maximum absolute atomic E-state index is 10.8. The number of esters is 1. The van der Waals surface area contributed by atoms with Gasteiger partial charge in [0, 0.05) is 6.42 Å². The van der Waals surface area contributed by atoms with Crippen LogP contribution in [0, 0.1) is 0 Å². The Balaban J connectivity index is 1.97. The number of hydrogen-bond acceptors (Lipinski definition) is 2. The lowest BCUT2D eigenvalue weighted by atomic mass is 10.1. The molecule has 0 bridgehead atoms. The quantitative estimate of drug-likeness (QED) is 0.666. The average molecular weight is 188 g/mol. The summed E-state index contributed by atoms with van der Waals surface area (Å²) < 4.78 is 5.06. The van der Waals surface area contributed by atoms with Gasteiger partial charge in [-0.05, 0) is 18.1 Å². The number of hydrogen-bond donors (Lipinski definition) is 0. The van der Waals surface area contributed by atoms with Crippen LogP contribution in [-0.2, 0) is 9.53 Å². The molecule has 0 aliphatic carbocycles. The van der Waals surface area contributed by atoms with Crippen molar-refractivity contribution in [1.82, 2.24) is 0 Å². The van der Waals surface area contributed by atoms with E-state index in [0.29, 0.717) is 6.42 Å². The van der Waals surface area contributed by atoms with Crippen molar-refractivity contribution < 1.29 is 9.53 Å². The molecule has 0 amide bonds. The molecule has 2 heteroatoms. The molecule has 0 radical (unpaired) electrons. The third-order valence-electron chi connectivity index (χ3n) is 2.22. The van der Waals surface area contributed by atoms with E-state index in [2.05, 4.69) is 0 Å². The van der Waals surface area contributed by atoms with Crippen LogP contribution in [0.5, 0.6) is 0 Å². The van der Waals surface area contributed by atoms with Gasteiger partial charge in [-0.1, -0.05) is 36.4 Å². The number of rotatable bonds is 2. The summed E-state index contributed by atoms with van der Waals surface area (Å²) in [6.45, 7) is 0. The normalized spacial score (nSPS) is 21.4. The number of ether oxygens (including phenoxy) is 1. The molecule has 1 aromatic carbocycles. The van der Waals surface area contributed by atoms with Gasteiger partial charge in [0.25, 0.3) is 0 Å². The predicted octanol–water partition coefficient (Wildman–Crippen LogP) is 2.41. The first kappa shape index (κ1) is 9.00. The molecule has 0 saturated carbocycles. The Bertz CT molecular complexity index is 341. The minimum Gasteiger partial charge on any atom is -0.458 e. The van der Waals surface area contributed by atoms with E-state index < -0.39 is 0 Å². The molecule has 1 aromatic rings. The summed E-state index contributed by atoms with van der Waals surface area (Å²) in [5.74, 6) is -0.0901. The zero-order valence-corrected chi connectivity index (χ0v) is 7.85. The fourth-order valence-electron chi connectivity index (χ4n) is 1.46. The third kappa shape index (κ3) is 2.22. The minimum absolute atomic E-state index is 0.0253. The van der Waals surface area contributed by atoms with Crippen molar-refractivity contribution in [2.24, 2.45) is 0 Å². The molecule has 1 aliphatic heterocycles. The maximum Gasteiger partial charge on any atom is 0.306 e. The van der Waals surface area contributed by atoms with E-state index in [1.54, 1.807) is 0 Å². The SMILES string of the molecule is O=C1CC[C@@H](/C=C/c2ccccc2)O1. The topological polar surface area (TPSA) is 26.3 Å². The second-order valence-corrected chi connectivity index (χ2v) is 3.34. The first-order valence-electron chi connectivity index (χ1n) is 4.77. The van der Waals surface area contributed by atoms with Crippen LogP contribution in [0.25, 0.3) is 6.08 Å². The Morgan fingerprint density at radius 1 is 1.29 bits per heavy atom. The molecule has 1 aliphatic rings. The van der Waals surface area contributed by atoms with Gasteiger partial charge in [0.15, 0.2) is 0 Å². The van der Waals surface area contributed by atoms with E-state index in [-0.39, 0.29) is 12.1 Å². The lowest BCUT2D eigenvalue weighted by Gasteiger charge is -2.01. The summed E-state index contributed by atoms with van der Waals surface area (Å²) in [5, 5.41) is 0. The summed E-state index contributed by atoms with van der Waals surface area (Å²) in [6.07, 6.45) is 5.26. The van der Waals surface area contributed by atoms with Crippen LogP contribution in [0.4, 0.5) is 0 Å². The zero-order chi connectivity index (χ0) is 9.80. The van der Waals surface area contributed by atoms with Gasteiger partial charge in [0.05, 0.1) is 0 Å². The van der Waals surface area contributed by atoms with Gasteiger partial charge in [-0.3, -0.25) is 4.79 Å². The summed E-state index contributed by atoms with van der Waals surface area (Å²) in [7, 11) is 0. The van der Waals surface area contributed by atoms with E-state index >= 15 is 0 Å². The average Bonchev–Trinajstić information content (AvgIpc) is 2.63. The van der Waals surface area contributed by atoms with E-state index in [0.717, 1.165) is 12.0 Å². The molecule has 1 heterocycles. The van der Waals surface area contributed by atoms with Gasteiger partial charge in [-0.2, -0.15) is 0 Å². The van der Waals surface area contributed by atoms with Crippen LogP contribution in [-0.4, -0.2) is 12.1 Å². The number of benzene rings is 1. The first-order valence-corrected chi connectivity index (χ1v) is 4.77. The summed E-state index contributed by atoms with van der Waals surface area (Å²) in [5.41, 5.74) is 1.13. The van der Waals surface area contributed by atoms with Crippen LogP contribution < -0.4 is 0 Å². The highest BCUT2D eigenvalue weighted by atomic mass is 16.5. The molecule has 1 saturated heterocycles. The Morgan fingerprint density at radius 3 is 2.71 bits per heavy atom. The Labute approximate surface area is 83.2 Å². The van der Waals surface area contributed by atoms with Crippen molar-refractivity contribution in [3.05, 3.63) is 42.0 Å². The van der Waals surface area contributed by atoms with Crippen molar-refractivity contribution in [1.29, 1.82) is 0 Å². The Kier molecular flexibility index (Phi) is 2.63. The van der Waals surface area contributed by atoms with Gasteiger partial charge in [0.1, 0.15) is 6.10 Å². The fraction of sp³-hybridized carbons (Fsp3) is 0.250. The highest BCUT2D eigenvalue weighted by Crippen LogP contribution is 2.15. The highest BCUT2D eigenvalue weighted by molar-refractivity contribution is 5.72. The van der Waals surface area contributed by atoms with E-state index in [9.17, 15) is 4.79 Å². The smallest absolute Gasteiger partial charge is 0.306 e. The number of carbonyl (C=O) groups excluding carboxylic acids is 1. The van der Waals surface area contributed by atoms with Crippen molar-refractivity contribution in [3.63, 3.8) is 0 Å². The standard InChI is InChI=1S/C12H12O2/c13-12-9-8-11(14-12)7-6-10-4-2-1-3-5-10/h1-7,11H,8-9H2/b7-6+/t11-/m1/s1. The molecule has 72 valence electrons. The number of carbonyl (C=O) groups is 1. The van der Waals surface area contributed by atoms with Gasteiger partial charge < -0.3 is 4.74 Å². The number of cyclic esters (lactones) is 1. The molecule has 0 unspecified atom stereocenters. The molecule has 14 heavy (non-hydrogen) atoms. The lowest BCUT2D eigenvalue weighted by molar-refractivity contribution is -0.139. The van der Waals surface area contributed by atoms with Crippen LogP contribution in [0.3, 0.4) is 0 Å². The summed E-state index contributed by atoms with van der Waals surface area (Å²) >= 11 is 0. The highest BCUT2D eigenvalue weighted by Gasteiger charge is 2.20. The second kappa shape index (κ2) is 4.09. The van der Waals surface area contributed by atoms with Gasteiger partial charge >= 0.3 is 5.97 Å². The van der Waals surface area contributed by atoms with Crippen LogP contribution in [0.2, 0.25) is 0 Å². The molecular weight excluding hydrogens is 176 g/mol.